The maximum Gasteiger partial charge on any atom is 0.335 e. The molecule has 3 rings (SSSR count). The molecular formula is C19H16ClN3O4S. The molecule has 2 aromatic carbocycles. The third-order valence-electron chi connectivity index (χ3n) is 3.96. The van der Waals surface area contributed by atoms with Crippen molar-refractivity contribution in [2.24, 2.45) is 4.99 Å². The van der Waals surface area contributed by atoms with Crippen molar-refractivity contribution in [1.29, 1.82) is 0 Å². The van der Waals surface area contributed by atoms with Gasteiger partial charge in [0.05, 0.1) is 11.3 Å². The Balaban J connectivity index is 1.64. The molecule has 1 aliphatic rings. The fourth-order valence-electron chi connectivity index (χ4n) is 2.53. The molecule has 9 heteroatoms. The zero-order chi connectivity index (χ0) is 20.3. The number of aromatic carboxylic acids is 1. The number of nitrogens with zero attached hydrogens (tertiary/aromatic N) is 2. The van der Waals surface area contributed by atoms with Gasteiger partial charge in [-0.15, -0.1) is 0 Å². The van der Waals surface area contributed by atoms with E-state index in [-0.39, 0.29) is 23.8 Å². The van der Waals surface area contributed by atoms with Crippen LogP contribution in [-0.4, -0.2) is 45.3 Å². The Labute approximate surface area is 170 Å². The van der Waals surface area contributed by atoms with Crippen LogP contribution >= 0.6 is 23.4 Å². The summed E-state index contributed by atoms with van der Waals surface area (Å²) in [5, 5.41) is 12.0. The Hall–Kier alpha value is -2.84. The number of nitrogens with one attached hydrogen (secondary N) is 1. The second kappa shape index (κ2) is 8.45. The maximum absolute atomic E-state index is 12.4. The van der Waals surface area contributed by atoms with Crippen LogP contribution in [0.1, 0.15) is 16.8 Å². The molecule has 2 amide bonds. The van der Waals surface area contributed by atoms with Crippen LogP contribution in [-0.2, 0) is 9.59 Å². The maximum atomic E-state index is 12.4. The van der Waals surface area contributed by atoms with Gasteiger partial charge in [-0.2, -0.15) is 0 Å². The van der Waals surface area contributed by atoms with Crippen LogP contribution in [0.15, 0.2) is 53.5 Å². The normalized spacial score (nSPS) is 17.8. The average molecular weight is 418 g/mol. The van der Waals surface area contributed by atoms with Crippen molar-refractivity contribution in [2.75, 3.05) is 12.4 Å². The molecule has 1 unspecified atom stereocenters. The fourth-order valence-corrected chi connectivity index (χ4v) is 3.87. The molecule has 1 saturated heterocycles. The first kappa shape index (κ1) is 19.9. The zero-order valence-electron chi connectivity index (χ0n) is 14.8. The molecule has 0 saturated carbocycles. The van der Waals surface area contributed by atoms with Gasteiger partial charge in [0.15, 0.2) is 5.17 Å². The SMILES string of the molecule is CN1C(=O)C(CC(=O)Nc2ccc(C(=O)O)cc2)SC1=Nc1cccc(Cl)c1. The molecule has 0 aliphatic carbocycles. The summed E-state index contributed by atoms with van der Waals surface area (Å²) in [6.07, 6.45) is -0.0247. The number of benzene rings is 2. The van der Waals surface area contributed by atoms with Crippen LogP contribution in [0, 0.1) is 0 Å². The van der Waals surface area contributed by atoms with Gasteiger partial charge in [-0.3, -0.25) is 14.5 Å². The minimum atomic E-state index is -1.04. The number of carboxylic acid groups (broad SMARTS) is 1. The van der Waals surface area contributed by atoms with E-state index in [1.54, 1.807) is 31.3 Å². The monoisotopic (exact) mass is 417 g/mol. The first-order valence-electron chi connectivity index (χ1n) is 8.25. The smallest absolute Gasteiger partial charge is 0.335 e. The summed E-state index contributed by atoms with van der Waals surface area (Å²) in [5.41, 5.74) is 1.22. The van der Waals surface area contributed by atoms with Crippen LogP contribution in [0.5, 0.6) is 0 Å². The van der Waals surface area contributed by atoms with Crippen molar-refractivity contribution in [1.82, 2.24) is 4.90 Å². The second-order valence-electron chi connectivity index (χ2n) is 6.01. The summed E-state index contributed by atoms with van der Waals surface area (Å²) < 4.78 is 0. The molecular weight excluding hydrogens is 402 g/mol. The van der Waals surface area contributed by atoms with E-state index in [0.717, 1.165) is 0 Å². The number of hydrogen-bond acceptors (Lipinski definition) is 5. The van der Waals surface area contributed by atoms with Gasteiger partial charge < -0.3 is 10.4 Å². The number of carbonyl (C=O) groups excluding carboxylic acids is 2. The van der Waals surface area contributed by atoms with Crippen molar-refractivity contribution in [3.8, 4) is 0 Å². The third kappa shape index (κ3) is 4.71. The summed E-state index contributed by atoms with van der Waals surface area (Å²) in [5.74, 6) is -1.59. The van der Waals surface area contributed by atoms with Crippen molar-refractivity contribution in [2.45, 2.75) is 11.7 Å². The van der Waals surface area contributed by atoms with Gasteiger partial charge in [0.25, 0.3) is 0 Å². The van der Waals surface area contributed by atoms with Gasteiger partial charge >= 0.3 is 5.97 Å². The van der Waals surface area contributed by atoms with E-state index in [1.807, 2.05) is 0 Å². The molecule has 28 heavy (non-hydrogen) atoms. The lowest BCUT2D eigenvalue weighted by Gasteiger charge is -2.09. The molecule has 144 valence electrons. The van der Waals surface area contributed by atoms with Crippen LogP contribution in [0.2, 0.25) is 5.02 Å². The van der Waals surface area contributed by atoms with Crippen LogP contribution in [0.4, 0.5) is 11.4 Å². The minimum absolute atomic E-state index is 0.0247. The first-order chi connectivity index (χ1) is 13.3. The van der Waals surface area contributed by atoms with Crippen molar-refractivity contribution >= 4 is 57.7 Å². The van der Waals surface area contributed by atoms with Crippen LogP contribution < -0.4 is 5.32 Å². The summed E-state index contributed by atoms with van der Waals surface area (Å²) in [7, 11) is 1.61. The number of aliphatic imine (C=N–C) groups is 1. The third-order valence-corrected chi connectivity index (χ3v) is 5.42. The summed E-state index contributed by atoms with van der Waals surface area (Å²) in [6, 6.07) is 12.8. The van der Waals surface area contributed by atoms with Crippen molar-refractivity contribution in [3.63, 3.8) is 0 Å². The van der Waals surface area contributed by atoms with E-state index in [4.69, 9.17) is 16.7 Å². The van der Waals surface area contributed by atoms with E-state index in [0.29, 0.717) is 21.6 Å². The lowest BCUT2D eigenvalue weighted by molar-refractivity contribution is -0.127. The number of thioether (sulfide) groups is 1. The Morgan fingerprint density at radius 2 is 1.96 bits per heavy atom. The fraction of sp³-hybridized carbons (Fsp3) is 0.158. The number of amidine groups is 1. The summed E-state index contributed by atoms with van der Waals surface area (Å²) in [6.45, 7) is 0. The highest BCUT2D eigenvalue weighted by Crippen LogP contribution is 2.31. The van der Waals surface area contributed by atoms with E-state index in [2.05, 4.69) is 10.3 Å². The van der Waals surface area contributed by atoms with Gasteiger partial charge in [0.1, 0.15) is 5.25 Å². The molecule has 1 aliphatic heterocycles. The molecule has 0 radical (unpaired) electrons. The standard InChI is InChI=1S/C19H16ClN3O4S/c1-23-17(25)15(28-19(23)22-14-4-2-3-12(20)9-14)10-16(24)21-13-7-5-11(6-8-13)18(26)27/h2-9,15H,10H2,1H3,(H,21,24)(H,26,27). The Morgan fingerprint density at radius 3 is 2.61 bits per heavy atom. The van der Waals surface area contributed by atoms with E-state index in [9.17, 15) is 14.4 Å². The summed E-state index contributed by atoms with van der Waals surface area (Å²) >= 11 is 7.17. The number of hydrogen-bond donors (Lipinski definition) is 2. The highest BCUT2D eigenvalue weighted by Gasteiger charge is 2.37. The number of rotatable bonds is 5. The molecule has 1 fully saturated rings. The topological polar surface area (TPSA) is 99.1 Å². The Bertz CT molecular complexity index is 962. The Kier molecular flexibility index (Phi) is 6.01. The lowest BCUT2D eigenvalue weighted by atomic mass is 10.2. The van der Waals surface area contributed by atoms with Crippen LogP contribution in [0.3, 0.4) is 0 Å². The number of amides is 2. The minimum Gasteiger partial charge on any atom is -0.478 e. The van der Waals surface area contributed by atoms with E-state index >= 15 is 0 Å². The average Bonchev–Trinajstić information content (AvgIpc) is 2.90. The van der Waals surface area contributed by atoms with Crippen molar-refractivity contribution < 1.29 is 19.5 Å². The van der Waals surface area contributed by atoms with Gasteiger partial charge in [-0.05, 0) is 42.5 Å². The van der Waals surface area contributed by atoms with Crippen LogP contribution in [0.25, 0.3) is 0 Å². The van der Waals surface area contributed by atoms with E-state index in [1.165, 1.54) is 40.9 Å². The molecule has 2 N–H and O–H groups in total. The van der Waals surface area contributed by atoms with Gasteiger partial charge in [-0.25, -0.2) is 9.79 Å². The molecule has 0 spiro atoms. The van der Waals surface area contributed by atoms with Gasteiger partial charge in [0.2, 0.25) is 11.8 Å². The first-order valence-corrected chi connectivity index (χ1v) is 9.51. The number of anilines is 1. The summed E-state index contributed by atoms with van der Waals surface area (Å²) in [4.78, 5) is 41.4. The number of carboxylic acids is 1. The molecule has 1 atom stereocenters. The van der Waals surface area contributed by atoms with Gasteiger partial charge in [0, 0.05) is 24.2 Å². The molecule has 0 aromatic heterocycles. The predicted molar refractivity (Wildman–Crippen MR) is 109 cm³/mol. The quantitative estimate of drug-likeness (QED) is 0.773. The van der Waals surface area contributed by atoms with Crippen molar-refractivity contribution in [3.05, 3.63) is 59.1 Å². The number of carbonyl (C=O) groups is 3. The lowest BCUT2D eigenvalue weighted by Crippen LogP contribution is -2.30. The number of halogens is 1. The molecule has 2 aromatic rings. The molecule has 1 heterocycles. The highest BCUT2D eigenvalue weighted by atomic mass is 35.5. The molecule has 0 bridgehead atoms. The predicted octanol–water partition coefficient (Wildman–Crippen LogP) is 3.63. The second-order valence-corrected chi connectivity index (χ2v) is 7.62. The zero-order valence-corrected chi connectivity index (χ0v) is 16.3. The largest absolute Gasteiger partial charge is 0.478 e. The highest BCUT2D eigenvalue weighted by molar-refractivity contribution is 8.15. The Morgan fingerprint density at radius 1 is 1.25 bits per heavy atom. The van der Waals surface area contributed by atoms with Gasteiger partial charge in [-0.1, -0.05) is 29.4 Å². The van der Waals surface area contributed by atoms with E-state index < -0.39 is 11.2 Å². The molecule has 7 nitrogen and oxygen atoms in total.